The van der Waals surface area contributed by atoms with Crippen molar-refractivity contribution >= 4 is 11.6 Å². The Labute approximate surface area is 164 Å². The zero-order valence-electron chi connectivity index (χ0n) is 15.5. The maximum absolute atomic E-state index is 12.3. The molecule has 0 fully saturated rings. The number of rotatable bonds is 7. The standard InChI is InChI=1S/C23H20N2O3/c1-17(28-22-11-7-18(15-24)8-12-22)23(26)25-20-9-13-21(14-10-20)27-16-19-5-3-2-4-6-19/h2-14,17H,16H2,1H3,(H,25,26)/t17-/m1/s1. The van der Waals surface area contributed by atoms with Crippen molar-refractivity contribution in [2.45, 2.75) is 19.6 Å². The molecule has 0 bridgehead atoms. The Kier molecular flexibility index (Phi) is 6.27. The second kappa shape index (κ2) is 9.24. The van der Waals surface area contributed by atoms with Crippen molar-refractivity contribution in [1.29, 1.82) is 5.26 Å². The number of anilines is 1. The summed E-state index contributed by atoms with van der Waals surface area (Å²) in [5.74, 6) is 0.998. The largest absolute Gasteiger partial charge is 0.489 e. The Balaban J connectivity index is 1.51. The van der Waals surface area contributed by atoms with Gasteiger partial charge in [0.05, 0.1) is 11.6 Å². The van der Waals surface area contributed by atoms with Crippen LogP contribution in [0.4, 0.5) is 5.69 Å². The zero-order chi connectivity index (χ0) is 19.8. The predicted octanol–water partition coefficient (Wildman–Crippen LogP) is 4.54. The number of nitriles is 1. The van der Waals surface area contributed by atoms with Crippen molar-refractivity contribution in [2.75, 3.05) is 5.32 Å². The van der Waals surface area contributed by atoms with E-state index in [1.807, 2.05) is 48.5 Å². The molecule has 0 heterocycles. The predicted molar refractivity (Wildman–Crippen MR) is 107 cm³/mol. The highest BCUT2D eigenvalue weighted by Crippen LogP contribution is 2.18. The zero-order valence-corrected chi connectivity index (χ0v) is 15.5. The third-order valence-corrected chi connectivity index (χ3v) is 4.04. The minimum atomic E-state index is -0.679. The molecule has 0 aliphatic carbocycles. The van der Waals surface area contributed by atoms with E-state index in [2.05, 4.69) is 5.32 Å². The van der Waals surface area contributed by atoms with E-state index in [9.17, 15) is 4.79 Å². The van der Waals surface area contributed by atoms with Crippen LogP contribution in [-0.2, 0) is 11.4 Å². The number of carbonyl (C=O) groups is 1. The molecule has 3 aromatic carbocycles. The maximum atomic E-state index is 12.3. The first-order valence-electron chi connectivity index (χ1n) is 8.88. The molecule has 0 aliphatic heterocycles. The summed E-state index contributed by atoms with van der Waals surface area (Å²) < 4.78 is 11.4. The van der Waals surface area contributed by atoms with Gasteiger partial charge in [-0.2, -0.15) is 5.26 Å². The van der Waals surface area contributed by atoms with Crippen molar-refractivity contribution in [3.05, 3.63) is 90.0 Å². The Hall–Kier alpha value is -3.78. The van der Waals surface area contributed by atoms with Crippen molar-refractivity contribution in [3.8, 4) is 17.6 Å². The molecular weight excluding hydrogens is 352 g/mol. The van der Waals surface area contributed by atoms with Gasteiger partial charge in [-0.15, -0.1) is 0 Å². The van der Waals surface area contributed by atoms with Crippen molar-refractivity contribution in [3.63, 3.8) is 0 Å². The van der Waals surface area contributed by atoms with E-state index in [1.54, 1.807) is 43.3 Å². The highest BCUT2D eigenvalue weighted by atomic mass is 16.5. The normalized spacial score (nSPS) is 11.1. The Morgan fingerprint density at radius 1 is 0.964 bits per heavy atom. The van der Waals surface area contributed by atoms with Crippen LogP contribution < -0.4 is 14.8 Å². The summed E-state index contributed by atoms with van der Waals surface area (Å²) >= 11 is 0. The topological polar surface area (TPSA) is 71.3 Å². The van der Waals surface area contributed by atoms with Crippen LogP contribution in [0.1, 0.15) is 18.1 Å². The fourth-order valence-corrected chi connectivity index (χ4v) is 2.48. The number of ether oxygens (including phenoxy) is 2. The number of carbonyl (C=O) groups excluding carboxylic acids is 1. The monoisotopic (exact) mass is 372 g/mol. The molecule has 1 amide bonds. The fourth-order valence-electron chi connectivity index (χ4n) is 2.48. The summed E-state index contributed by atoms with van der Waals surface area (Å²) in [6.07, 6.45) is -0.679. The molecule has 0 aromatic heterocycles. The molecule has 0 spiro atoms. The Morgan fingerprint density at radius 2 is 1.61 bits per heavy atom. The first kappa shape index (κ1) is 19.0. The van der Waals surface area contributed by atoms with Gasteiger partial charge in [0.1, 0.15) is 18.1 Å². The molecule has 28 heavy (non-hydrogen) atoms. The lowest BCUT2D eigenvalue weighted by atomic mass is 10.2. The molecule has 0 radical (unpaired) electrons. The van der Waals surface area contributed by atoms with Gasteiger partial charge in [0.2, 0.25) is 0 Å². The number of hydrogen-bond acceptors (Lipinski definition) is 4. The number of nitrogens with zero attached hydrogens (tertiary/aromatic N) is 1. The minimum Gasteiger partial charge on any atom is -0.489 e. The molecule has 0 saturated carbocycles. The molecule has 0 aliphatic rings. The number of benzene rings is 3. The van der Waals surface area contributed by atoms with Gasteiger partial charge in [0.15, 0.2) is 6.10 Å². The van der Waals surface area contributed by atoms with Crippen molar-refractivity contribution in [2.24, 2.45) is 0 Å². The van der Waals surface area contributed by atoms with Gasteiger partial charge in [-0.1, -0.05) is 30.3 Å². The van der Waals surface area contributed by atoms with Crippen LogP contribution in [0.3, 0.4) is 0 Å². The van der Waals surface area contributed by atoms with E-state index in [0.29, 0.717) is 23.6 Å². The van der Waals surface area contributed by atoms with E-state index in [4.69, 9.17) is 14.7 Å². The summed E-state index contributed by atoms with van der Waals surface area (Å²) in [6.45, 7) is 2.16. The van der Waals surface area contributed by atoms with Gasteiger partial charge in [-0.05, 0) is 61.0 Å². The lowest BCUT2D eigenvalue weighted by molar-refractivity contribution is -0.122. The molecule has 140 valence electrons. The van der Waals surface area contributed by atoms with Gasteiger partial charge in [0.25, 0.3) is 5.91 Å². The summed E-state index contributed by atoms with van der Waals surface area (Å²) in [6, 6.07) is 25.8. The van der Waals surface area contributed by atoms with Gasteiger partial charge in [0, 0.05) is 5.69 Å². The van der Waals surface area contributed by atoms with Gasteiger partial charge in [-0.3, -0.25) is 4.79 Å². The summed E-state index contributed by atoms with van der Waals surface area (Å²) in [5.41, 5.74) is 2.29. The van der Waals surface area contributed by atoms with E-state index < -0.39 is 6.10 Å². The number of hydrogen-bond donors (Lipinski definition) is 1. The van der Waals surface area contributed by atoms with Crippen LogP contribution in [0.15, 0.2) is 78.9 Å². The van der Waals surface area contributed by atoms with Crippen LogP contribution in [0.2, 0.25) is 0 Å². The van der Waals surface area contributed by atoms with Crippen LogP contribution in [0, 0.1) is 11.3 Å². The quantitative estimate of drug-likeness (QED) is 0.661. The van der Waals surface area contributed by atoms with Crippen LogP contribution in [0.25, 0.3) is 0 Å². The molecule has 0 saturated heterocycles. The molecule has 1 N–H and O–H groups in total. The first-order chi connectivity index (χ1) is 13.6. The summed E-state index contributed by atoms with van der Waals surface area (Å²) in [7, 11) is 0. The third-order valence-electron chi connectivity index (χ3n) is 4.04. The molecule has 5 heteroatoms. The molecular formula is C23H20N2O3. The van der Waals surface area contributed by atoms with E-state index in [1.165, 1.54) is 0 Å². The van der Waals surface area contributed by atoms with Gasteiger partial charge in [-0.25, -0.2) is 0 Å². The van der Waals surface area contributed by atoms with E-state index >= 15 is 0 Å². The molecule has 5 nitrogen and oxygen atoms in total. The molecule has 3 aromatic rings. The highest BCUT2D eigenvalue weighted by molar-refractivity contribution is 5.94. The lowest BCUT2D eigenvalue weighted by Gasteiger charge is -2.15. The third kappa shape index (κ3) is 5.36. The van der Waals surface area contributed by atoms with Crippen molar-refractivity contribution in [1.82, 2.24) is 0 Å². The molecule has 0 unspecified atom stereocenters. The maximum Gasteiger partial charge on any atom is 0.265 e. The van der Waals surface area contributed by atoms with Gasteiger partial charge < -0.3 is 14.8 Å². The SMILES string of the molecule is C[C@@H](Oc1ccc(C#N)cc1)C(=O)Nc1ccc(OCc2ccccc2)cc1. The molecule has 3 rings (SSSR count). The van der Waals surface area contributed by atoms with Crippen LogP contribution in [0.5, 0.6) is 11.5 Å². The Morgan fingerprint density at radius 3 is 2.25 bits per heavy atom. The molecule has 1 atom stereocenters. The summed E-state index contributed by atoms with van der Waals surface area (Å²) in [4.78, 5) is 12.3. The van der Waals surface area contributed by atoms with Crippen molar-refractivity contribution < 1.29 is 14.3 Å². The van der Waals surface area contributed by atoms with Gasteiger partial charge >= 0.3 is 0 Å². The second-order valence-electron chi connectivity index (χ2n) is 6.18. The number of nitrogens with one attached hydrogen (secondary N) is 1. The average Bonchev–Trinajstić information content (AvgIpc) is 2.74. The van der Waals surface area contributed by atoms with Crippen LogP contribution >= 0.6 is 0 Å². The number of amides is 1. The Bertz CT molecular complexity index is 946. The summed E-state index contributed by atoms with van der Waals surface area (Å²) in [5, 5.41) is 11.6. The first-order valence-corrected chi connectivity index (χ1v) is 8.88. The van der Waals surface area contributed by atoms with E-state index in [0.717, 1.165) is 11.3 Å². The fraction of sp³-hybridized carbons (Fsp3) is 0.130. The minimum absolute atomic E-state index is 0.262. The highest BCUT2D eigenvalue weighted by Gasteiger charge is 2.15. The van der Waals surface area contributed by atoms with Crippen LogP contribution in [-0.4, -0.2) is 12.0 Å². The second-order valence-corrected chi connectivity index (χ2v) is 6.18. The lowest BCUT2D eigenvalue weighted by Crippen LogP contribution is -2.30. The smallest absolute Gasteiger partial charge is 0.265 e. The average molecular weight is 372 g/mol. The van der Waals surface area contributed by atoms with E-state index in [-0.39, 0.29) is 5.91 Å².